The van der Waals surface area contributed by atoms with Gasteiger partial charge in [-0.3, -0.25) is 4.90 Å². The SMILES string of the molecule is O=C(O)N[C@@H](Cc1ccccc1)[C@H](O)CNCCCN1CCOCC1. The quantitative estimate of drug-likeness (QED) is 0.460. The standard InChI is InChI=1S/C18H29N3O4/c22-17(14-19-7-4-8-21-9-11-25-12-10-21)16(20-18(23)24)13-15-5-2-1-3-6-15/h1-3,5-6,16-17,19-20,22H,4,7-14H2,(H,23,24)/t16-,17+/m0/s1. The maximum atomic E-state index is 11.0. The van der Waals surface area contributed by atoms with Gasteiger partial charge in [0.05, 0.1) is 25.4 Å². The number of nitrogens with zero attached hydrogens (tertiary/aromatic N) is 1. The molecule has 1 fully saturated rings. The van der Waals surface area contributed by atoms with Gasteiger partial charge in [0.2, 0.25) is 0 Å². The first-order chi connectivity index (χ1) is 12.1. The molecule has 1 aliphatic rings. The van der Waals surface area contributed by atoms with E-state index in [1.807, 2.05) is 30.3 Å². The summed E-state index contributed by atoms with van der Waals surface area (Å²) in [5, 5.41) is 25.0. The van der Waals surface area contributed by atoms with Crippen molar-refractivity contribution >= 4 is 6.09 Å². The number of aliphatic hydroxyl groups excluding tert-OH is 1. The number of rotatable bonds is 10. The second-order valence-corrected chi connectivity index (χ2v) is 6.32. The van der Waals surface area contributed by atoms with Crippen LogP contribution in [0.4, 0.5) is 4.79 Å². The Balaban J connectivity index is 1.69. The van der Waals surface area contributed by atoms with Crippen molar-refractivity contribution in [2.24, 2.45) is 0 Å². The van der Waals surface area contributed by atoms with Gasteiger partial charge in [-0.05, 0) is 31.5 Å². The van der Waals surface area contributed by atoms with Gasteiger partial charge in [0.1, 0.15) is 0 Å². The van der Waals surface area contributed by atoms with Gasteiger partial charge in [-0.1, -0.05) is 30.3 Å². The van der Waals surface area contributed by atoms with Crippen molar-refractivity contribution in [3.05, 3.63) is 35.9 Å². The maximum absolute atomic E-state index is 11.0. The molecule has 2 rings (SSSR count). The van der Waals surface area contributed by atoms with Crippen molar-refractivity contribution < 1.29 is 19.7 Å². The molecule has 1 aromatic carbocycles. The van der Waals surface area contributed by atoms with Crippen LogP contribution in [-0.2, 0) is 11.2 Å². The fourth-order valence-corrected chi connectivity index (χ4v) is 2.95. The highest BCUT2D eigenvalue weighted by Gasteiger charge is 2.21. The Kier molecular flexibility index (Phi) is 8.68. The predicted octanol–water partition coefficient (Wildman–Crippen LogP) is 0.538. The molecule has 1 aromatic rings. The molecule has 140 valence electrons. The molecular weight excluding hydrogens is 322 g/mol. The third-order valence-electron chi connectivity index (χ3n) is 4.36. The second kappa shape index (κ2) is 11.0. The van der Waals surface area contributed by atoms with Gasteiger partial charge in [-0.15, -0.1) is 0 Å². The third kappa shape index (κ3) is 7.83. The van der Waals surface area contributed by atoms with Crippen molar-refractivity contribution in [3.63, 3.8) is 0 Å². The summed E-state index contributed by atoms with van der Waals surface area (Å²) >= 11 is 0. The number of amides is 1. The first kappa shape index (κ1) is 19.7. The van der Waals surface area contributed by atoms with E-state index in [0.29, 0.717) is 13.0 Å². The van der Waals surface area contributed by atoms with Crippen LogP contribution in [-0.4, -0.2) is 79.3 Å². The van der Waals surface area contributed by atoms with E-state index >= 15 is 0 Å². The highest BCUT2D eigenvalue weighted by atomic mass is 16.5. The molecule has 1 heterocycles. The summed E-state index contributed by atoms with van der Waals surface area (Å²) in [5.41, 5.74) is 0.993. The topological polar surface area (TPSA) is 94.1 Å². The Hall–Kier alpha value is -1.67. The average Bonchev–Trinajstić information content (AvgIpc) is 2.62. The Labute approximate surface area is 149 Å². The lowest BCUT2D eigenvalue weighted by atomic mass is 10.0. The number of carboxylic acid groups (broad SMARTS) is 1. The zero-order valence-corrected chi connectivity index (χ0v) is 14.6. The van der Waals surface area contributed by atoms with E-state index < -0.39 is 18.2 Å². The van der Waals surface area contributed by atoms with Gasteiger partial charge in [0.25, 0.3) is 0 Å². The first-order valence-corrected chi connectivity index (χ1v) is 8.87. The number of benzene rings is 1. The van der Waals surface area contributed by atoms with Crippen LogP contribution in [0.15, 0.2) is 30.3 Å². The summed E-state index contributed by atoms with van der Waals surface area (Å²) in [6.07, 6.45) is -0.446. The summed E-state index contributed by atoms with van der Waals surface area (Å²) in [6, 6.07) is 9.05. The van der Waals surface area contributed by atoms with E-state index in [1.165, 1.54) is 0 Å². The molecule has 0 saturated carbocycles. The summed E-state index contributed by atoms with van der Waals surface area (Å²) in [7, 11) is 0. The summed E-state index contributed by atoms with van der Waals surface area (Å²) in [4.78, 5) is 13.4. The minimum absolute atomic E-state index is 0.362. The maximum Gasteiger partial charge on any atom is 0.404 e. The number of hydrogen-bond donors (Lipinski definition) is 4. The number of hydrogen-bond acceptors (Lipinski definition) is 5. The molecular formula is C18H29N3O4. The molecule has 0 radical (unpaired) electrons. The van der Waals surface area contributed by atoms with Crippen LogP contribution < -0.4 is 10.6 Å². The molecule has 0 bridgehead atoms. The van der Waals surface area contributed by atoms with E-state index in [-0.39, 0.29) is 0 Å². The number of aliphatic hydroxyl groups is 1. The highest BCUT2D eigenvalue weighted by molar-refractivity contribution is 5.65. The molecule has 0 unspecified atom stereocenters. The summed E-state index contributed by atoms with van der Waals surface area (Å²) < 4.78 is 5.32. The van der Waals surface area contributed by atoms with E-state index in [0.717, 1.165) is 51.4 Å². The number of morpholine rings is 1. The van der Waals surface area contributed by atoms with Gasteiger partial charge in [-0.25, -0.2) is 4.79 Å². The van der Waals surface area contributed by atoms with E-state index in [2.05, 4.69) is 15.5 Å². The molecule has 25 heavy (non-hydrogen) atoms. The number of nitrogens with one attached hydrogen (secondary N) is 2. The van der Waals surface area contributed by atoms with Gasteiger partial charge >= 0.3 is 6.09 Å². The Bertz CT molecular complexity index is 494. The molecule has 0 spiro atoms. The van der Waals surface area contributed by atoms with Gasteiger partial charge in [0, 0.05) is 19.6 Å². The molecule has 4 N–H and O–H groups in total. The van der Waals surface area contributed by atoms with Crippen molar-refractivity contribution in [2.75, 3.05) is 45.9 Å². The third-order valence-corrected chi connectivity index (χ3v) is 4.36. The van der Waals surface area contributed by atoms with E-state index in [4.69, 9.17) is 9.84 Å². The number of carbonyl (C=O) groups is 1. The summed E-state index contributed by atoms with van der Waals surface area (Å²) in [5.74, 6) is 0. The van der Waals surface area contributed by atoms with Crippen LogP contribution in [0.2, 0.25) is 0 Å². The molecule has 2 atom stereocenters. The molecule has 0 aromatic heterocycles. The average molecular weight is 351 g/mol. The lowest BCUT2D eigenvalue weighted by molar-refractivity contribution is 0.0373. The zero-order chi connectivity index (χ0) is 17.9. The van der Waals surface area contributed by atoms with Crippen LogP contribution >= 0.6 is 0 Å². The minimum Gasteiger partial charge on any atom is -0.465 e. The zero-order valence-electron chi connectivity index (χ0n) is 14.6. The van der Waals surface area contributed by atoms with E-state index in [1.54, 1.807) is 0 Å². The van der Waals surface area contributed by atoms with Crippen LogP contribution in [0, 0.1) is 0 Å². The van der Waals surface area contributed by atoms with Gasteiger partial charge < -0.3 is 25.6 Å². The van der Waals surface area contributed by atoms with Crippen LogP contribution in [0.3, 0.4) is 0 Å². The Morgan fingerprint density at radius 2 is 1.96 bits per heavy atom. The van der Waals surface area contributed by atoms with Crippen molar-refractivity contribution in [1.82, 2.24) is 15.5 Å². The van der Waals surface area contributed by atoms with Crippen molar-refractivity contribution in [1.29, 1.82) is 0 Å². The first-order valence-electron chi connectivity index (χ1n) is 8.87. The Morgan fingerprint density at radius 1 is 1.24 bits per heavy atom. The van der Waals surface area contributed by atoms with Crippen LogP contribution in [0.5, 0.6) is 0 Å². The minimum atomic E-state index is -1.12. The fraction of sp³-hybridized carbons (Fsp3) is 0.611. The number of ether oxygens (including phenoxy) is 1. The second-order valence-electron chi connectivity index (χ2n) is 6.32. The predicted molar refractivity (Wildman–Crippen MR) is 95.8 cm³/mol. The molecule has 7 heteroatoms. The summed E-state index contributed by atoms with van der Waals surface area (Å²) in [6.45, 7) is 5.71. The lowest BCUT2D eigenvalue weighted by Gasteiger charge is -2.27. The highest BCUT2D eigenvalue weighted by Crippen LogP contribution is 2.06. The molecule has 1 saturated heterocycles. The van der Waals surface area contributed by atoms with Crippen molar-refractivity contribution in [2.45, 2.75) is 25.0 Å². The van der Waals surface area contributed by atoms with Crippen LogP contribution in [0.1, 0.15) is 12.0 Å². The molecule has 1 amide bonds. The molecule has 0 aliphatic carbocycles. The van der Waals surface area contributed by atoms with Gasteiger partial charge in [0.15, 0.2) is 0 Å². The van der Waals surface area contributed by atoms with Crippen molar-refractivity contribution in [3.8, 4) is 0 Å². The monoisotopic (exact) mass is 351 g/mol. The molecule has 7 nitrogen and oxygen atoms in total. The normalized spacial score (nSPS) is 17.8. The fourth-order valence-electron chi connectivity index (χ4n) is 2.95. The van der Waals surface area contributed by atoms with Gasteiger partial charge in [-0.2, -0.15) is 0 Å². The molecule has 1 aliphatic heterocycles. The van der Waals surface area contributed by atoms with E-state index in [9.17, 15) is 9.90 Å². The Morgan fingerprint density at radius 3 is 2.64 bits per heavy atom. The largest absolute Gasteiger partial charge is 0.465 e. The lowest BCUT2D eigenvalue weighted by Crippen LogP contribution is -2.48. The smallest absolute Gasteiger partial charge is 0.404 e. The van der Waals surface area contributed by atoms with Crippen LogP contribution in [0.25, 0.3) is 0 Å².